The highest BCUT2D eigenvalue weighted by Crippen LogP contribution is 2.28. The van der Waals surface area contributed by atoms with Crippen LogP contribution in [0.5, 0.6) is 11.5 Å². The number of hydrogen-bond donors (Lipinski definition) is 1. The van der Waals surface area contributed by atoms with Gasteiger partial charge in [-0.25, -0.2) is 0 Å². The van der Waals surface area contributed by atoms with Crippen molar-refractivity contribution in [2.24, 2.45) is 5.92 Å². The zero-order valence-corrected chi connectivity index (χ0v) is 10.9. The monoisotopic (exact) mass is 252 g/mol. The molecule has 1 aromatic rings. The van der Waals surface area contributed by atoms with Crippen LogP contribution in [0.25, 0.3) is 0 Å². The molecule has 4 heteroatoms. The van der Waals surface area contributed by atoms with Crippen LogP contribution in [0.1, 0.15) is 12.0 Å². The molecule has 2 unspecified atom stereocenters. The van der Waals surface area contributed by atoms with Gasteiger partial charge in [-0.15, -0.1) is 0 Å². The predicted molar refractivity (Wildman–Crippen MR) is 68.2 cm³/mol. The van der Waals surface area contributed by atoms with Crippen molar-refractivity contribution in [1.82, 2.24) is 0 Å². The van der Waals surface area contributed by atoms with E-state index in [9.17, 15) is 5.11 Å². The predicted octanol–water partition coefficient (Wildman–Crippen LogP) is 1.78. The number of rotatable bonds is 5. The highest BCUT2D eigenvalue weighted by molar-refractivity contribution is 5.42. The topological polar surface area (TPSA) is 47.9 Å². The highest BCUT2D eigenvalue weighted by Gasteiger charge is 2.24. The molecule has 0 saturated carbocycles. The highest BCUT2D eigenvalue weighted by atomic mass is 16.5. The Labute approximate surface area is 107 Å². The summed E-state index contributed by atoms with van der Waals surface area (Å²) in [6.07, 6.45) is 0.411. The minimum absolute atomic E-state index is 0.182. The van der Waals surface area contributed by atoms with Gasteiger partial charge in [0.15, 0.2) is 11.5 Å². The fourth-order valence-corrected chi connectivity index (χ4v) is 2.06. The van der Waals surface area contributed by atoms with Crippen LogP contribution in [0.2, 0.25) is 0 Å². The van der Waals surface area contributed by atoms with Gasteiger partial charge in [0.1, 0.15) is 6.61 Å². The Morgan fingerprint density at radius 3 is 2.94 bits per heavy atom. The molecule has 1 heterocycles. The summed E-state index contributed by atoms with van der Waals surface area (Å²) in [6.45, 7) is 3.62. The maximum Gasteiger partial charge on any atom is 0.161 e. The van der Waals surface area contributed by atoms with Gasteiger partial charge in [-0.05, 0) is 31.0 Å². The summed E-state index contributed by atoms with van der Waals surface area (Å²) in [5.74, 6) is 1.55. The average Bonchev–Trinajstić information content (AvgIpc) is 2.90. The Balaban J connectivity index is 1.92. The molecule has 1 saturated heterocycles. The van der Waals surface area contributed by atoms with Gasteiger partial charge >= 0.3 is 0 Å². The number of aryl methyl sites for hydroxylation is 1. The van der Waals surface area contributed by atoms with Crippen LogP contribution in [-0.2, 0) is 4.74 Å². The molecule has 100 valence electrons. The summed E-state index contributed by atoms with van der Waals surface area (Å²) in [7, 11) is 1.61. The Hall–Kier alpha value is -1.26. The smallest absolute Gasteiger partial charge is 0.161 e. The zero-order chi connectivity index (χ0) is 13.0. The summed E-state index contributed by atoms with van der Waals surface area (Å²) in [5.41, 5.74) is 1.11. The summed E-state index contributed by atoms with van der Waals surface area (Å²) < 4.78 is 16.1. The fourth-order valence-electron chi connectivity index (χ4n) is 2.06. The van der Waals surface area contributed by atoms with E-state index in [1.807, 2.05) is 25.1 Å². The van der Waals surface area contributed by atoms with E-state index in [2.05, 4.69) is 0 Å². The lowest BCUT2D eigenvalue weighted by Gasteiger charge is -2.18. The van der Waals surface area contributed by atoms with Crippen LogP contribution in [0.3, 0.4) is 0 Å². The second kappa shape index (κ2) is 6.07. The molecule has 0 spiro atoms. The molecule has 18 heavy (non-hydrogen) atoms. The van der Waals surface area contributed by atoms with Crippen LogP contribution < -0.4 is 9.47 Å². The second-order valence-corrected chi connectivity index (χ2v) is 4.66. The van der Waals surface area contributed by atoms with Gasteiger partial charge in [0.2, 0.25) is 0 Å². The van der Waals surface area contributed by atoms with Crippen molar-refractivity contribution in [1.29, 1.82) is 0 Å². The van der Waals surface area contributed by atoms with Crippen molar-refractivity contribution in [3.05, 3.63) is 23.8 Å². The average molecular weight is 252 g/mol. The van der Waals surface area contributed by atoms with E-state index < -0.39 is 6.10 Å². The molecule has 1 aromatic carbocycles. The van der Waals surface area contributed by atoms with Gasteiger partial charge in [-0.1, -0.05) is 6.07 Å². The largest absolute Gasteiger partial charge is 0.493 e. The SMILES string of the molecule is COc1cc(C)ccc1OCC(O)C1CCOC1. The molecule has 1 N–H and O–H groups in total. The van der Waals surface area contributed by atoms with Crippen LogP contribution >= 0.6 is 0 Å². The Morgan fingerprint density at radius 2 is 2.28 bits per heavy atom. The molecule has 0 bridgehead atoms. The molecule has 1 aliphatic heterocycles. The zero-order valence-electron chi connectivity index (χ0n) is 10.9. The van der Waals surface area contributed by atoms with Gasteiger partial charge in [0.05, 0.1) is 19.8 Å². The van der Waals surface area contributed by atoms with E-state index in [-0.39, 0.29) is 12.5 Å². The van der Waals surface area contributed by atoms with Crippen molar-refractivity contribution in [3.63, 3.8) is 0 Å². The van der Waals surface area contributed by atoms with Gasteiger partial charge in [0.25, 0.3) is 0 Å². The van der Waals surface area contributed by atoms with E-state index in [0.717, 1.165) is 18.6 Å². The number of aliphatic hydroxyl groups excluding tert-OH is 1. The van der Waals surface area contributed by atoms with Crippen LogP contribution in [-0.4, -0.2) is 38.1 Å². The van der Waals surface area contributed by atoms with Gasteiger partial charge in [0, 0.05) is 12.5 Å². The van der Waals surface area contributed by atoms with Crippen molar-refractivity contribution in [2.45, 2.75) is 19.4 Å². The van der Waals surface area contributed by atoms with Gasteiger partial charge < -0.3 is 19.3 Å². The van der Waals surface area contributed by atoms with E-state index in [1.165, 1.54) is 0 Å². The van der Waals surface area contributed by atoms with Crippen LogP contribution in [0.15, 0.2) is 18.2 Å². The minimum Gasteiger partial charge on any atom is -0.493 e. The van der Waals surface area contributed by atoms with Gasteiger partial charge in [-0.2, -0.15) is 0 Å². The van der Waals surface area contributed by atoms with Crippen molar-refractivity contribution < 1.29 is 19.3 Å². The summed E-state index contributed by atoms with van der Waals surface area (Å²) >= 11 is 0. The van der Waals surface area contributed by atoms with Crippen LogP contribution in [0, 0.1) is 12.8 Å². The summed E-state index contributed by atoms with van der Waals surface area (Å²) in [4.78, 5) is 0. The number of methoxy groups -OCH3 is 1. The van der Waals surface area contributed by atoms with Gasteiger partial charge in [-0.3, -0.25) is 0 Å². The first kappa shape index (κ1) is 13.2. The van der Waals surface area contributed by atoms with Crippen molar-refractivity contribution in [3.8, 4) is 11.5 Å². The van der Waals surface area contributed by atoms with E-state index in [0.29, 0.717) is 18.1 Å². The Morgan fingerprint density at radius 1 is 1.44 bits per heavy atom. The standard InChI is InChI=1S/C14H20O4/c1-10-3-4-13(14(7-10)16-2)18-9-12(15)11-5-6-17-8-11/h3-4,7,11-12,15H,5-6,8-9H2,1-2H3. The van der Waals surface area contributed by atoms with Crippen LogP contribution in [0.4, 0.5) is 0 Å². The number of benzene rings is 1. The third kappa shape index (κ3) is 3.15. The van der Waals surface area contributed by atoms with Crippen molar-refractivity contribution in [2.75, 3.05) is 26.9 Å². The molecule has 4 nitrogen and oxygen atoms in total. The number of aliphatic hydroxyl groups is 1. The molecule has 2 rings (SSSR count). The number of ether oxygens (including phenoxy) is 3. The molecule has 0 aliphatic carbocycles. The van der Waals surface area contributed by atoms with E-state index >= 15 is 0 Å². The first-order valence-electron chi connectivity index (χ1n) is 6.24. The summed E-state index contributed by atoms with van der Waals surface area (Å²) in [5, 5.41) is 9.98. The summed E-state index contributed by atoms with van der Waals surface area (Å²) in [6, 6.07) is 5.75. The molecular formula is C14H20O4. The third-order valence-electron chi connectivity index (χ3n) is 3.24. The molecule has 0 amide bonds. The normalized spacial score (nSPS) is 20.7. The number of hydrogen-bond acceptors (Lipinski definition) is 4. The molecule has 0 aromatic heterocycles. The van der Waals surface area contributed by atoms with E-state index in [1.54, 1.807) is 7.11 Å². The molecule has 1 aliphatic rings. The first-order valence-corrected chi connectivity index (χ1v) is 6.24. The lowest BCUT2D eigenvalue weighted by molar-refractivity contribution is 0.0491. The second-order valence-electron chi connectivity index (χ2n) is 4.66. The maximum absolute atomic E-state index is 9.98. The minimum atomic E-state index is -0.487. The first-order chi connectivity index (χ1) is 8.70. The third-order valence-corrected chi connectivity index (χ3v) is 3.24. The Kier molecular flexibility index (Phi) is 4.44. The van der Waals surface area contributed by atoms with Crippen molar-refractivity contribution >= 4 is 0 Å². The fraction of sp³-hybridized carbons (Fsp3) is 0.571. The lowest BCUT2D eigenvalue weighted by atomic mass is 10.0. The lowest BCUT2D eigenvalue weighted by Crippen LogP contribution is -2.27. The van der Waals surface area contributed by atoms with E-state index in [4.69, 9.17) is 14.2 Å². The molecule has 1 fully saturated rings. The maximum atomic E-state index is 9.98. The molecular weight excluding hydrogens is 232 g/mol. The Bertz CT molecular complexity index is 385. The quantitative estimate of drug-likeness (QED) is 0.867. The molecule has 2 atom stereocenters. The molecule has 0 radical (unpaired) electrons.